The molecule has 0 spiro atoms. The van der Waals surface area contributed by atoms with Gasteiger partial charge in [0.15, 0.2) is 0 Å². The van der Waals surface area contributed by atoms with Gasteiger partial charge >= 0.3 is 5.97 Å². The van der Waals surface area contributed by atoms with E-state index in [4.69, 9.17) is 5.11 Å². The van der Waals surface area contributed by atoms with Crippen LogP contribution in [-0.2, 0) is 9.59 Å². The van der Waals surface area contributed by atoms with Crippen molar-refractivity contribution >= 4 is 29.3 Å². The van der Waals surface area contributed by atoms with E-state index < -0.39 is 5.97 Å². The first-order valence-electron chi connectivity index (χ1n) is 6.45. The zero-order valence-electron chi connectivity index (χ0n) is 11.4. The summed E-state index contributed by atoms with van der Waals surface area (Å²) in [6.07, 6.45) is 0. The lowest BCUT2D eigenvalue weighted by atomic mass is 10.1. The smallest absolute Gasteiger partial charge is 0.323 e. The van der Waals surface area contributed by atoms with Crippen LogP contribution in [0.3, 0.4) is 0 Å². The molecule has 1 unspecified atom stereocenters. The van der Waals surface area contributed by atoms with E-state index in [2.05, 4.69) is 0 Å². The normalized spacial score (nSPS) is 19.1. The van der Waals surface area contributed by atoms with E-state index in [1.807, 2.05) is 49.6 Å². The summed E-state index contributed by atoms with van der Waals surface area (Å²) in [4.78, 5) is 24.9. The fourth-order valence-corrected chi connectivity index (χ4v) is 3.20. The van der Waals surface area contributed by atoms with Crippen LogP contribution in [0.2, 0.25) is 0 Å². The van der Waals surface area contributed by atoms with Crippen LogP contribution in [0.4, 0.5) is 0 Å². The highest BCUT2D eigenvalue weighted by Gasteiger charge is 2.34. The van der Waals surface area contributed by atoms with Gasteiger partial charge in [-0.2, -0.15) is 0 Å². The Bertz CT molecular complexity index is 539. The number of hydrogen-bond donors (Lipinski definition) is 1. The summed E-state index contributed by atoms with van der Waals surface area (Å²) in [5, 5.41) is 10.7. The Labute approximate surface area is 122 Å². The van der Waals surface area contributed by atoms with E-state index in [0.717, 1.165) is 5.56 Å². The summed E-state index contributed by atoms with van der Waals surface area (Å²) < 4.78 is 0. The number of rotatable bonds is 4. The molecule has 0 radical (unpaired) electrons. The van der Waals surface area contributed by atoms with Crippen LogP contribution in [-0.4, -0.2) is 33.7 Å². The van der Waals surface area contributed by atoms with E-state index in [1.54, 1.807) is 0 Å². The third-order valence-electron chi connectivity index (χ3n) is 3.09. The Morgan fingerprint density at radius 1 is 1.35 bits per heavy atom. The van der Waals surface area contributed by atoms with E-state index >= 15 is 0 Å². The summed E-state index contributed by atoms with van der Waals surface area (Å²) >= 11 is 1.47. The van der Waals surface area contributed by atoms with Crippen molar-refractivity contribution in [1.29, 1.82) is 0 Å². The molecule has 1 aromatic rings. The number of amides is 1. The van der Waals surface area contributed by atoms with Crippen LogP contribution in [0.15, 0.2) is 35.7 Å². The molecule has 1 heterocycles. The van der Waals surface area contributed by atoms with Gasteiger partial charge in [-0.15, -0.1) is 11.8 Å². The average Bonchev–Trinajstić information content (AvgIpc) is 2.41. The molecule has 106 valence electrons. The van der Waals surface area contributed by atoms with Crippen molar-refractivity contribution in [2.24, 2.45) is 5.92 Å². The minimum Gasteiger partial charge on any atom is -0.480 e. The number of carbonyl (C=O) groups is 2. The first-order valence-corrected chi connectivity index (χ1v) is 7.39. The van der Waals surface area contributed by atoms with Crippen LogP contribution in [0.5, 0.6) is 0 Å². The largest absolute Gasteiger partial charge is 0.480 e. The lowest BCUT2D eigenvalue weighted by Gasteiger charge is -2.33. The van der Waals surface area contributed by atoms with Crippen molar-refractivity contribution in [2.45, 2.75) is 19.1 Å². The van der Waals surface area contributed by atoms with Crippen molar-refractivity contribution in [3.8, 4) is 0 Å². The quantitative estimate of drug-likeness (QED) is 0.926. The third-order valence-corrected chi connectivity index (χ3v) is 4.49. The minimum absolute atomic E-state index is 0.131. The van der Waals surface area contributed by atoms with E-state index in [-0.39, 0.29) is 23.6 Å². The Balaban J connectivity index is 2.38. The fourth-order valence-electron chi connectivity index (χ4n) is 2.11. The SMILES string of the molecule is CC(C)C1SC=C(c2ccccc2)N(CC(=O)O)C1=O. The van der Waals surface area contributed by atoms with Crippen LogP contribution in [0.25, 0.3) is 5.70 Å². The van der Waals surface area contributed by atoms with Gasteiger partial charge in [-0.3, -0.25) is 14.5 Å². The maximum atomic E-state index is 12.5. The maximum absolute atomic E-state index is 12.5. The summed E-state index contributed by atoms with van der Waals surface area (Å²) in [7, 11) is 0. The minimum atomic E-state index is -1.01. The van der Waals surface area contributed by atoms with E-state index in [9.17, 15) is 9.59 Å². The molecule has 0 saturated heterocycles. The Morgan fingerprint density at radius 2 is 2.00 bits per heavy atom. The molecule has 0 aliphatic carbocycles. The van der Waals surface area contributed by atoms with Crippen molar-refractivity contribution < 1.29 is 14.7 Å². The highest BCUT2D eigenvalue weighted by atomic mass is 32.2. The third kappa shape index (κ3) is 3.04. The van der Waals surface area contributed by atoms with Crippen LogP contribution >= 0.6 is 11.8 Å². The van der Waals surface area contributed by atoms with Gasteiger partial charge in [0.1, 0.15) is 6.54 Å². The second-order valence-corrected chi connectivity index (χ2v) is 6.00. The number of nitrogens with zero attached hydrogens (tertiary/aromatic N) is 1. The molecule has 1 aliphatic rings. The number of benzene rings is 1. The van der Waals surface area contributed by atoms with Gasteiger partial charge in [-0.05, 0) is 16.9 Å². The second kappa shape index (κ2) is 6.13. The molecule has 4 nitrogen and oxygen atoms in total. The number of carboxylic acid groups (broad SMARTS) is 1. The predicted octanol–water partition coefficient (Wildman–Crippen LogP) is 2.67. The summed E-state index contributed by atoms with van der Waals surface area (Å²) in [6, 6.07) is 9.40. The van der Waals surface area contributed by atoms with Gasteiger partial charge in [-0.25, -0.2) is 0 Å². The molecule has 1 N–H and O–H groups in total. The van der Waals surface area contributed by atoms with Crippen LogP contribution in [0, 0.1) is 5.92 Å². The number of thioether (sulfide) groups is 1. The zero-order valence-corrected chi connectivity index (χ0v) is 12.3. The number of carboxylic acids is 1. The van der Waals surface area contributed by atoms with Crippen molar-refractivity contribution in [2.75, 3.05) is 6.54 Å². The van der Waals surface area contributed by atoms with Crippen molar-refractivity contribution in [1.82, 2.24) is 4.90 Å². The fraction of sp³-hybridized carbons (Fsp3) is 0.333. The molecule has 0 aromatic heterocycles. The molecule has 0 bridgehead atoms. The number of aliphatic carboxylic acids is 1. The maximum Gasteiger partial charge on any atom is 0.323 e. The highest BCUT2D eigenvalue weighted by molar-refractivity contribution is 8.03. The monoisotopic (exact) mass is 291 g/mol. The first kappa shape index (κ1) is 14.7. The lowest BCUT2D eigenvalue weighted by molar-refractivity contribution is -0.142. The highest BCUT2D eigenvalue weighted by Crippen LogP contribution is 2.35. The average molecular weight is 291 g/mol. The molecule has 0 fully saturated rings. The van der Waals surface area contributed by atoms with Gasteiger partial charge in [0.05, 0.1) is 10.9 Å². The molecular weight excluding hydrogens is 274 g/mol. The van der Waals surface area contributed by atoms with Gasteiger partial charge in [-0.1, -0.05) is 44.2 Å². The molecule has 5 heteroatoms. The predicted molar refractivity (Wildman–Crippen MR) is 80.0 cm³/mol. The van der Waals surface area contributed by atoms with Gasteiger partial charge in [0.2, 0.25) is 5.91 Å². The van der Waals surface area contributed by atoms with Crippen molar-refractivity contribution in [3.05, 3.63) is 41.3 Å². The van der Waals surface area contributed by atoms with E-state index in [1.165, 1.54) is 16.7 Å². The Morgan fingerprint density at radius 3 is 2.55 bits per heavy atom. The molecule has 1 aliphatic heterocycles. The van der Waals surface area contributed by atoms with Crippen molar-refractivity contribution in [3.63, 3.8) is 0 Å². The van der Waals surface area contributed by atoms with E-state index in [0.29, 0.717) is 5.70 Å². The van der Waals surface area contributed by atoms with Gasteiger partial charge in [0, 0.05) is 0 Å². The number of carbonyl (C=O) groups excluding carboxylic acids is 1. The lowest BCUT2D eigenvalue weighted by Crippen LogP contribution is -2.43. The molecule has 2 rings (SSSR count). The summed E-state index contributed by atoms with van der Waals surface area (Å²) in [5.74, 6) is -0.972. The number of hydrogen-bond acceptors (Lipinski definition) is 3. The molecule has 1 amide bonds. The molecular formula is C15H17NO3S. The Kier molecular flexibility index (Phi) is 4.49. The topological polar surface area (TPSA) is 57.6 Å². The summed E-state index contributed by atoms with van der Waals surface area (Å²) in [5.41, 5.74) is 1.52. The van der Waals surface area contributed by atoms with Gasteiger partial charge in [0.25, 0.3) is 0 Å². The zero-order chi connectivity index (χ0) is 14.7. The second-order valence-electron chi connectivity index (χ2n) is 4.99. The first-order chi connectivity index (χ1) is 9.50. The molecule has 0 saturated carbocycles. The molecule has 1 atom stereocenters. The van der Waals surface area contributed by atoms with Crippen LogP contribution in [0.1, 0.15) is 19.4 Å². The molecule has 1 aromatic carbocycles. The standard InChI is InChI=1S/C15H17NO3S/c1-10(2)14-15(19)16(8-13(17)18)12(9-20-14)11-6-4-3-5-7-11/h3-7,9-10,14H,8H2,1-2H3,(H,17,18). The van der Waals surface area contributed by atoms with Crippen LogP contribution < -0.4 is 0 Å². The summed E-state index contributed by atoms with van der Waals surface area (Å²) in [6.45, 7) is 3.63. The Hall–Kier alpha value is -1.75. The van der Waals surface area contributed by atoms with Gasteiger partial charge < -0.3 is 5.11 Å². The molecule has 20 heavy (non-hydrogen) atoms.